The summed E-state index contributed by atoms with van der Waals surface area (Å²) in [6.07, 6.45) is 7.33. The number of hydrogen-bond acceptors (Lipinski definition) is 3. The zero-order valence-electron chi connectivity index (χ0n) is 17.5. The van der Waals surface area contributed by atoms with Gasteiger partial charge in [-0.2, -0.15) is 5.10 Å². The molecule has 1 saturated heterocycles. The fraction of sp³-hybridized carbons (Fsp3) is 0.500. The smallest absolute Gasteiger partial charge is 0.220 e. The van der Waals surface area contributed by atoms with Crippen LogP contribution in [0.3, 0.4) is 0 Å². The number of guanidine groups is 1. The van der Waals surface area contributed by atoms with Crippen LogP contribution in [-0.2, 0) is 11.2 Å². The molecule has 1 aromatic carbocycles. The zero-order chi connectivity index (χ0) is 20.5. The number of hydrogen-bond donors (Lipinski definition) is 2. The second-order valence-electron chi connectivity index (χ2n) is 7.41. The number of carbonyl (C=O) groups excluding carboxylic acids is 1. The highest BCUT2D eigenvalue weighted by Crippen LogP contribution is 2.20. The molecule has 1 aliphatic heterocycles. The van der Waals surface area contributed by atoms with Gasteiger partial charge in [-0.05, 0) is 55.9 Å². The van der Waals surface area contributed by atoms with Crippen molar-refractivity contribution in [1.29, 1.82) is 0 Å². The molecule has 1 aromatic heterocycles. The molecular formula is C22H32N6O. The van der Waals surface area contributed by atoms with Crippen LogP contribution in [0.2, 0.25) is 0 Å². The van der Waals surface area contributed by atoms with Crippen LogP contribution >= 0.6 is 0 Å². The molecule has 2 aromatic rings. The zero-order valence-corrected chi connectivity index (χ0v) is 17.5. The molecule has 7 nitrogen and oxygen atoms in total. The average Bonchev–Trinajstić information content (AvgIpc) is 3.29. The summed E-state index contributed by atoms with van der Waals surface area (Å²) in [5, 5.41) is 10.4. The van der Waals surface area contributed by atoms with E-state index in [9.17, 15) is 4.79 Å². The Morgan fingerprint density at radius 3 is 2.62 bits per heavy atom. The van der Waals surface area contributed by atoms with Gasteiger partial charge < -0.3 is 15.5 Å². The minimum atomic E-state index is 0.141. The molecule has 0 saturated carbocycles. The fourth-order valence-electron chi connectivity index (χ4n) is 3.67. The predicted molar refractivity (Wildman–Crippen MR) is 116 cm³/mol. The highest BCUT2D eigenvalue weighted by molar-refractivity contribution is 5.80. The summed E-state index contributed by atoms with van der Waals surface area (Å²) in [5.41, 5.74) is 2.33. The maximum absolute atomic E-state index is 11.6. The Bertz CT molecular complexity index is 776. The number of nitrogens with one attached hydrogen (secondary N) is 2. The molecule has 0 unspecified atom stereocenters. The van der Waals surface area contributed by atoms with Gasteiger partial charge in [0.1, 0.15) is 0 Å². The molecule has 7 heteroatoms. The minimum absolute atomic E-state index is 0.141. The van der Waals surface area contributed by atoms with E-state index in [2.05, 4.69) is 51.8 Å². The van der Waals surface area contributed by atoms with Crippen LogP contribution in [0.1, 0.15) is 31.7 Å². The number of carbonyl (C=O) groups is 1. The summed E-state index contributed by atoms with van der Waals surface area (Å²) >= 11 is 0. The Balaban J connectivity index is 1.51. The first-order valence-electron chi connectivity index (χ1n) is 10.5. The normalized spacial score (nSPS) is 15.4. The fourth-order valence-corrected chi connectivity index (χ4v) is 3.67. The van der Waals surface area contributed by atoms with Gasteiger partial charge in [0.05, 0.1) is 5.69 Å². The maximum Gasteiger partial charge on any atom is 0.220 e. The molecule has 0 radical (unpaired) electrons. The topological polar surface area (TPSA) is 74.5 Å². The molecule has 0 atom stereocenters. The van der Waals surface area contributed by atoms with Crippen LogP contribution < -0.4 is 10.6 Å². The Kier molecular flexibility index (Phi) is 7.67. The Hall–Kier alpha value is -2.83. The minimum Gasteiger partial charge on any atom is -0.359 e. The lowest BCUT2D eigenvalue weighted by atomic mass is 9.93. The van der Waals surface area contributed by atoms with E-state index >= 15 is 0 Å². The summed E-state index contributed by atoms with van der Waals surface area (Å²) in [7, 11) is 1.71. The van der Waals surface area contributed by atoms with Gasteiger partial charge in [-0.1, -0.05) is 12.1 Å². The quantitative estimate of drug-likeness (QED) is 0.556. The number of benzene rings is 1. The molecule has 2 heterocycles. The van der Waals surface area contributed by atoms with Gasteiger partial charge >= 0.3 is 0 Å². The highest BCUT2D eigenvalue weighted by Gasteiger charge is 2.22. The summed E-state index contributed by atoms with van der Waals surface area (Å²) in [6, 6.07) is 10.4. The molecule has 1 fully saturated rings. The van der Waals surface area contributed by atoms with Crippen molar-refractivity contribution in [1.82, 2.24) is 25.3 Å². The summed E-state index contributed by atoms with van der Waals surface area (Å²) in [6.45, 7) is 5.61. The van der Waals surface area contributed by atoms with Gasteiger partial charge in [-0.25, -0.2) is 4.68 Å². The Morgan fingerprint density at radius 1 is 1.24 bits per heavy atom. The van der Waals surface area contributed by atoms with Crippen molar-refractivity contribution in [3.63, 3.8) is 0 Å². The first-order valence-corrected chi connectivity index (χ1v) is 10.5. The molecule has 156 valence electrons. The molecule has 0 spiro atoms. The van der Waals surface area contributed by atoms with Crippen LogP contribution in [0, 0.1) is 5.92 Å². The van der Waals surface area contributed by atoms with Crippen molar-refractivity contribution >= 4 is 11.9 Å². The summed E-state index contributed by atoms with van der Waals surface area (Å²) < 4.78 is 1.86. The maximum atomic E-state index is 11.6. The van der Waals surface area contributed by atoms with Crippen molar-refractivity contribution in [3.05, 3.63) is 48.3 Å². The van der Waals surface area contributed by atoms with Crippen molar-refractivity contribution < 1.29 is 4.79 Å². The third kappa shape index (κ3) is 6.07. The standard InChI is InChI=1S/C22H32N6O/c1-3-24-22(27-15-10-19(11-16-27)17-21(29)23-2)25-13-9-18-5-7-20(8-6-18)28-14-4-12-26-28/h4-8,12,14,19H,3,9-11,13,15-17H2,1-2H3,(H,23,29)(H,24,25). The lowest BCUT2D eigenvalue weighted by molar-refractivity contribution is -0.121. The number of amides is 1. The van der Waals surface area contributed by atoms with Crippen LogP contribution in [0.25, 0.3) is 5.69 Å². The largest absolute Gasteiger partial charge is 0.359 e. The van der Waals surface area contributed by atoms with Crippen LogP contribution in [0.4, 0.5) is 0 Å². The van der Waals surface area contributed by atoms with Crippen molar-refractivity contribution in [2.75, 3.05) is 33.2 Å². The van der Waals surface area contributed by atoms with Crippen LogP contribution in [0.5, 0.6) is 0 Å². The van der Waals surface area contributed by atoms with E-state index in [1.54, 1.807) is 13.2 Å². The molecular weight excluding hydrogens is 364 g/mol. The van der Waals surface area contributed by atoms with E-state index in [4.69, 9.17) is 4.99 Å². The molecule has 0 aliphatic carbocycles. The Morgan fingerprint density at radius 2 is 2.00 bits per heavy atom. The second kappa shape index (κ2) is 10.6. The van der Waals surface area contributed by atoms with Crippen molar-refractivity contribution in [2.45, 2.75) is 32.6 Å². The molecule has 2 N–H and O–H groups in total. The number of aliphatic imine (C=N–C) groups is 1. The monoisotopic (exact) mass is 396 g/mol. The van der Waals surface area contributed by atoms with Gasteiger partial charge in [0.2, 0.25) is 5.91 Å². The van der Waals surface area contributed by atoms with E-state index in [1.165, 1.54) is 5.56 Å². The van der Waals surface area contributed by atoms with Crippen LogP contribution in [-0.4, -0.2) is 59.8 Å². The lowest BCUT2D eigenvalue weighted by Gasteiger charge is -2.34. The number of piperidine rings is 1. The third-order valence-corrected chi connectivity index (χ3v) is 5.37. The van der Waals surface area contributed by atoms with Gasteiger partial charge in [-0.15, -0.1) is 0 Å². The van der Waals surface area contributed by atoms with Gasteiger partial charge in [0, 0.05) is 52.0 Å². The molecule has 3 rings (SSSR count). The first kappa shape index (κ1) is 20.9. The van der Waals surface area contributed by atoms with Crippen LogP contribution in [0.15, 0.2) is 47.7 Å². The van der Waals surface area contributed by atoms with Gasteiger partial charge in [-0.3, -0.25) is 9.79 Å². The summed E-state index contributed by atoms with van der Waals surface area (Å²) in [4.78, 5) is 18.8. The molecule has 1 aliphatic rings. The molecule has 1 amide bonds. The number of nitrogens with zero attached hydrogens (tertiary/aromatic N) is 4. The first-order chi connectivity index (χ1) is 14.2. The number of rotatable bonds is 7. The van der Waals surface area contributed by atoms with E-state index in [1.807, 2.05) is 16.9 Å². The van der Waals surface area contributed by atoms with E-state index in [0.717, 1.165) is 57.1 Å². The molecule has 29 heavy (non-hydrogen) atoms. The SMILES string of the molecule is CCNC(=NCCc1ccc(-n2cccn2)cc1)N1CCC(CC(=O)NC)CC1. The van der Waals surface area contributed by atoms with E-state index in [0.29, 0.717) is 12.3 Å². The van der Waals surface area contributed by atoms with Crippen molar-refractivity contribution in [3.8, 4) is 5.69 Å². The van der Waals surface area contributed by atoms with Gasteiger partial charge in [0.15, 0.2) is 5.96 Å². The second-order valence-corrected chi connectivity index (χ2v) is 7.41. The average molecular weight is 397 g/mol. The Labute approximate surface area is 173 Å². The number of likely N-dealkylation sites (tertiary alicyclic amines) is 1. The third-order valence-electron chi connectivity index (χ3n) is 5.37. The number of aromatic nitrogens is 2. The molecule has 0 bridgehead atoms. The highest BCUT2D eigenvalue weighted by atomic mass is 16.1. The predicted octanol–water partition coefficient (Wildman–Crippen LogP) is 2.23. The van der Waals surface area contributed by atoms with E-state index in [-0.39, 0.29) is 5.91 Å². The lowest BCUT2D eigenvalue weighted by Crippen LogP contribution is -2.46. The summed E-state index contributed by atoms with van der Waals surface area (Å²) in [5.74, 6) is 1.60. The van der Waals surface area contributed by atoms with E-state index < -0.39 is 0 Å². The van der Waals surface area contributed by atoms with Crippen molar-refractivity contribution in [2.24, 2.45) is 10.9 Å². The van der Waals surface area contributed by atoms with Gasteiger partial charge in [0.25, 0.3) is 0 Å².